The first-order valence-electron chi connectivity index (χ1n) is 8.68. The average Bonchev–Trinajstić information content (AvgIpc) is 3.11. The number of hydrogen-bond acceptors (Lipinski definition) is 7. The molecule has 13 heteroatoms. The summed E-state index contributed by atoms with van der Waals surface area (Å²) in [6, 6.07) is 3.84. The number of alkyl halides is 3. The van der Waals surface area contributed by atoms with E-state index in [-0.39, 0.29) is 24.7 Å². The Morgan fingerprint density at radius 3 is 2.47 bits per heavy atom. The van der Waals surface area contributed by atoms with Crippen LogP contribution in [0.15, 0.2) is 39.9 Å². The van der Waals surface area contributed by atoms with Crippen LogP contribution in [-0.2, 0) is 9.84 Å². The van der Waals surface area contributed by atoms with E-state index < -0.39 is 30.9 Å². The highest BCUT2D eigenvalue weighted by molar-refractivity contribution is 7.92. The summed E-state index contributed by atoms with van der Waals surface area (Å²) in [6.45, 7) is 1.20. The van der Waals surface area contributed by atoms with Gasteiger partial charge in [-0.1, -0.05) is 0 Å². The van der Waals surface area contributed by atoms with Crippen molar-refractivity contribution in [3.05, 3.63) is 50.7 Å². The smallest absolute Gasteiger partial charge is 0.364 e. The first kappa shape index (κ1) is 22.0. The fourth-order valence-electron chi connectivity index (χ4n) is 3.15. The molecule has 0 unspecified atom stereocenters. The van der Waals surface area contributed by atoms with Crippen LogP contribution in [0.2, 0.25) is 0 Å². The van der Waals surface area contributed by atoms with Gasteiger partial charge in [-0.2, -0.15) is 24.5 Å². The van der Waals surface area contributed by atoms with Crippen molar-refractivity contribution in [1.29, 1.82) is 0 Å². The van der Waals surface area contributed by atoms with E-state index in [0.29, 0.717) is 37.2 Å². The van der Waals surface area contributed by atoms with E-state index in [1.807, 2.05) is 0 Å². The third kappa shape index (κ3) is 4.26. The highest BCUT2D eigenvalue weighted by Crippen LogP contribution is 2.36. The van der Waals surface area contributed by atoms with Gasteiger partial charge in [-0.05, 0) is 30.0 Å². The lowest BCUT2D eigenvalue weighted by molar-refractivity contribution is -0.384. The quantitative estimate of drug-likeness (QED) is 0.510. The van der Waals surface area contributed by atoms with Crippen molar-refractivity contribution in [2.24, 2.45) is 0 Å². The lowest BCUT2D eigenvalue weighted by Gasteiger charge is -2.23. The Labute approximate surface area is 173 Å². The van der Waals surface area contributed by atoms with Crippen LogP contribution >= 0.6 is 11.3 Å². The lowest BCUT2D eigenvalue weighted by Crippen LogP contribution is -2.35. The van der Waals surface area contributed by atoms with Crippen LogP contribution in [0.25, 0.3) is 0 Å². The van der Waals surface area contributed by atoms with Gasteiger partial charge in [-0.3, -0.25) is 14.9 Å². The Bertz CT molecular complexity index is 1060. The minimum Gasteiger partial charge on any atom is -0.364 e. The molecule has 8 nitrogen and oxygen atoms in total. The molecule has 30 heavy (non-hydrogen) atoms. The maximum atomic E-state index is 12.8. The summed E-state index contributed by atoms with van der Waals surface area (Å²) < 4.78 is 61.6. The van der Waals surface area contributed by atoms with Gasteiger partial charge in [0.1, 0.15) is 5.69 Å². The molecule has 162 valence electrons. The van der Waals surface area contributed by atoms with Crippen LogP contribution in [0.1, 0.15) is 16.8 Å². The summed E-state index contributed by atoms with van der Waals surface area (Å²) in [5.41, 5.74) is -5.75. The van der Waals surface area contributed by atoms with Crippen molar-refractivity contribution >= 4 is 38.5 Å². The van der Waals surface area contributed by atoms with Gasteiger partial charge in [0.05, 0.1) is 15.4 Å². The molecule has 1 aliphatic heterocycles. The second-order valence-corrected chi connectivity index (χ2v) is 9.22. The van der Waals surface area contributed by atoms with Crippen LogP contribution in [-0.4, -0.2) is 55.8 Å². The van der Waals surface area contributed by atoms with Crippen molar-refractivity contribution in [2.45, 2.75) is 16.8 Å². The number of anilines is 1. The SMILES string of the molecule is O=C(c1ccsc1)N1CCCN(c2ccc(S(=O)(=O)C(F)(F)F)cc2[N+](=O)[O-])CC1. The number of nitro benzene ring substituents is 1. The second-order valence-electron chi connectivity index (χ2n) is 6.50. The number of carbonyl (C=O) groups is 1. The first-order valence-corrected chi connectivity index (χ1v) is 11.1. The molecule has 1 saturated heterocycles. The van der Waals surface area contributed by atoms with Crippen LogP contribution in [0, 0.1) is 10.1 Å². The second kappa shape index (κ2) is 8.22. The molecule has 0 N–H and O–H groups in total. The lowest BCUT2D eigenvalue weighted by atomic mass is 10.2. The molecule has 0 aliphatic carbocycles. The number of carbonyl (C=O) groups excluding carboxylic acids is 1. The molecule has 0 atom stereocenters. The molecule has 0 bridgehead atoms. The van der Waals surface area contributed by atoms with E-state index in [2.05, 4.69) is 0 Å². The summed E-state index contributed by atoms with van der Waals surface area (Å²) in [4.78, 5) is 25.0. The largest absolute Gasteiger partial charge is 0.501 e. The van der Waals surface area contributed by atoms with E-state index >= 15 is 0 Å². The Morgan fingerprint density at radius 1 is 1.13 bits per heavy atom. The molecule has 0 saturated carbocycles. The predicted octanol–water partition coefficient (Wildman–Crippen LogP) is 3.30. The Balaban J connectivity index is 1.87. The number of amides is 1. The standard InChI is InChI=1S/C17H16F3N3O5S2/c18-17(19,20)30(27,28)13-2-3-14(15(10-13)23(25)26)21-5-1-6-22(8-7-21)16(24)12-4-9-29-11-12/h2-4,9-11H,1,5-8H2. The molecule has 2 aromatic rings. The van der Waals surface area contributed by atoms with Crippen LogP contribution in [0.5, 0.6) is 0 Å². The third-order valence-electron chi connectivity index (χ3n) is 4.65. The number of benzene rings is 1. The molecule has 2 heterocycles. The fraction of sp³-hybridized carbons (Fsp3) is 0.353. The monoisotopic (exact) mass is 463 g/mol. The minimum absolute atomic E-state index is 0.00552. The van der Waals surface area contributed by atoms with E-state index in [1.54, 1.807) is 26.6 Å². The summed E-state index contributed by atoms with van der Waals surface area (Å²) in [5.74, 6) is -0.167. The Morgan fingerprint density at radius 2 is 1.87 bits per heavy atom. The van der Waals surface area contributed by atoms with Gasteiger partial charge >= 0.3 is 5.51 Å². The van der Waals surface area contributed by atoms with Gasteiger partial charge in [0.15, 0.2) is 0 Å². The molecular weight excluding hydrogens is 447 g/mol. The number of sulfone groups is 1. The fourth-order valence-corrected chi connectivity index (χ4v) is 4.56. The number of rotatable bonds is 4. The topological polar surface area (TPSA) is 101 Å². The third-order valence-corrected chi connectivity index (χ3v) is 6.82. The molecule has 1 fully saturated rings. The van der Waals surface area contributed by atoms with Gasteiger partial charge in [-0.25, -0.2) is 8.42 Å². The zero-order valence-electron chi connectivity index (χ0n) is 15.3. The maximum absolute atomic E-state index is 12.8. The summed E-state index contributed by atoms with van der Waals surface area (Å²) in [5, 5.41) is 14.9. The van der Waals surface area contributed by atoms with Crippen LogP contribution in [0.4, 0.5) is 24.5 Å². The molecule has 1 aromatic carbocycles. The summed E-state index contributed by atoms with van der Waals surface area (Å²) in [7, 11) is -5.71. The zero-order chi connectivity index (χ0) is 22.1. The summed E-state index contributed by atoms with van der Waals surface area (Å²) >= 11 is 1.38. The van der Waals surface area contributed by atoms with E-state index in [1.165, 1.54) is 11.3 Å². The van der Waals surface area contributed by atoms with E-state index in [0.717, 1.165) is 6.07 Å². The van der Waals surface area contributed by atoms with Gasteiger partial charge in [0, 0.05) is 37.6 Å². The Hall–Kier alpha value is -2.67. The molecule has 0 spiro atoms. The molecule has 1 aromatic heterocycles. The highest BCUT2D eigenvalue weighted by Gasteiger charge is 2.47. The Kier molecular flexibility index (Phi) is 6.04. The minimum atomic E-state index is -5.71. The number of hydrogen-bond donors (Lipinski definition) is 0. The van der Waals surface area contributed by atoms with Gasteiger partial charge in [0.2, 0.25) is 0 Å². The normalized spacial score (nSPS) is 15.7. The van der Waals surface area contributed by atoms with Crippen LogP contribution < -0.4 is 4.90 Å². The van der Waals surface area contributed by atoms with Gasteiger partial charge in [-0.15, -0.1) is 0 Å². The molecule has 3 rings (SSSR count). The van der Waals surface area contributed by atoms with Crippen molar-refractivity contribution in [2.75, 3.05) is 31.1 Å². The van der Waals surface area contributed by atoms with E-state index in [4.69, 9.17) is 0 Å². The van der Waals surface area contributed by atoms with Crippen molar-refractivity contribution in [1.82, 2.24) is 4.90 Å². The number of nitrogens with zero attached hydrogens (tertiary/aromatic N) is 3. The number of thiophene rings is 1. The van der Waals surface area contributed by atoms with E-state index in [9.17, 15) is 36.5 Å². The van der Waals surface area contributed by atoms with Gasteiger partial charge in [0.25, 0.3) is 21.4 Å². The molecule has 0 radical (unpaired) electrons. The van der Waals surface area contributed by atoms with Crippen molar-refractivity contribution < 1.29 is 31.3 Å². The molecule has 1 aliphatic rings. The molecule has 1 amide bonds. The van der Waals surface area contributed by atoms with Crippen molar-refractivity contribution in [3.63, 3.8) is 0 Å². The van der Waals surface area contributed by atoms with Gasteiger partial charge < -0.3 is 9.80 Å². The highest BCUT2D eigenvalue weighted by atomic mass is 32.2. The number of nitro groups is 1. The molecular formula is C17H16F3N3O5S2. The summed E-state index contributed by atoms with van der Waals surface area (Å²) in [6.07, 6.45) is 0.482. The predicted molar refractivity (Wildman–Crippen MR) is 103 cm³/mol. The van der Waals surface area contributed by atoms with Crippen LogP contribution in [0.3, 0.4) is 0 Å². The first-order chi connectivity index (χ1) is 14.0. The maximum Gasteiger partial charge on any atom is 0.501 e. The average molecular weight is 463 g/mol. The zero-order valence-corrected chi connectivity index (χ0v) is 17.0. The van der Waals surface area contributed by atoms with Crippen molar-refractivity contribution in [3.8, 4) is 0 Å². The number of halogens is 3.